The van der Waals surface area contributed by atoms with Crippen LogP contribution in [0.5, 0.6) is 5.75 Å². The zero-order valence-corrected chi connectivity index (χ0v) is 16.4. The predicted octanol–water partition coefficient (Wildman–Crippen LogP) is 2.63. The molecule has 0 radical (unpaired) electrons. The number of benzene rings is 2. The minimum atomic E-state index is -3.69. The molecule has 0 aliphatic carbocycles. The van der Waals surface area contributed by atoms with Crippen LogP contribution in [0.4, 0.5) is 10.1 Å². The number of carbonyl (C=O) groups excluding carboxylic acids is 1. The number of sulfone groups is 1. The molecule has 2 aromatic carbocycles. The first-order valence-corrected chi connectivity index (χ1v) is 9.69. The zero-order chi connectivity index (χ0) is 19.2. The summed E-state index contributed by atoms with van der Waals surface area (Å²) in [6.07, 6.45) is 0. The molecule has 1 atom stereocenters. The standard InChI is InChI=1S/C18H21FN2O4S.ClH/c1-13(12-26(23,24)17-8-2-14(19)3-9-17)18(22)21-15-4-6-16(7-5-15)25-11-10-20;/h2-9,13H,10-12,20H2,1H3,(H,21,22);1H. The van der Waals surface area contributed by atoms with Crippen molar-refractivity contribution in [3.05, 3.63) is 54.3 Å². The van der Waals surface area contributed by atoms with Crippen LogP contribution in [0, 0.1) is 11.7 Å². The molecule has 0 heterocycles. The summed E-state index contributed by atoms with van der Waals surface area (Å²) in [7, 11) is -3.69. The van der Waals surface area contributed by atoms with E-state index in [2.05, 4.69) is 5.32 Å². The normalized spacial score (nSPS) is 12.0. The predicted molar refractivity (Wildman–Crippen MR) is 104 cm³/mol. The topological polar surface area (TPSA) is 98.5 Å². The van der Waals surface area contributed by atoms with Crippen molar-refractivity contribution in [2.75, 3.05) is 24.2 Å². The maximum Gasteiger partial charge on any atom is 0.228 e. The number of rotatable bonds is 8. The fraction of sp³-hybridized carbons (Fsp3) is 0.278. The number of hydrogen-bond donors (Lipinski definition) is 2. The third-order valence-electron chi connectivity index (χ3n) is 3.60. The Bertz CT molecular complexity index is 843. The summed E-state index contributed by atoms with van der Waals surface area (Å²) in [5.41, 5.74) is 5.88. The van der Waals surface area contributed by atoms with Gasteiger partial charge in [-0.25, -0.2) is 12.8 Å². The van der Waals surface area contributed by atoms with E-state index in [4.69, 9.17) is 10.5 Å². The third-order valence-corrected chi connectivity index (χ3v) is 5.53. The Morgan fingerprint density at radius 2 is 1.74 bits per heavy atom. The van der Waals surface area contributed by atoms with Crippen LogP contribution in [-0.4, -0.2) is 33.2 Å². The highest BCUT2D eigenvalue weighted by molar-refractivity contribution is 7.91. The summed E-state index contributed by atoms with van der Waals surface area (Å²) >= 11 is 0. The molecule has 1 amide bonds. The number of carbonyl (C=O) groups is 1. The first-order chi connectivity index (χ1) is 12.3. The van der Waals surface area contributed by atoms with E-state index in [1.165, 1.54) is 19.1 Å². The molecule has 2 rings (SSSR count). The van der Waals surface area contributed by atoms with E-state index in [0.29, 0.717) is 24.6 Å². The van der Waals surface area contributed by atoms with Crippen molar-refractivity contribution < 1.29 is 22.3 Å². The van der Waals surface area contributed by atoms with Crippen LogP contribution >= 0.6 is 12.4 Å². The number of ether oxygens (including phenoxy) is 1. The Balaban J connectivity index is 0.00000364. The Morgan fingerprint density at radius 3 is 2.30 bits per heavy atom. The highest BCUT2D eigenvalue weighted by Crippen LogP contribution is 2.18. The second-order valence-corrected chi connectivity index (χ2v) is 7.82. The minimum absolute atomic E-state index is 0. The molecule has 0 aliphatic rings. The fourth-order valence-electron chi connectivity index (χ4n) is 2.22. The van der Waals surface area contributed by atoms with Gasteiger partial charge in [-0.2, -0.15) is 0 Å². The summed E-state index contributed by atoms with van der Waals surface area (Å²) in [5.74, 6) is -1.47. The van der Waals surface area contributed by atoms with Gasteiger partial charge in [0.2, 0.25) is 5.91 Å². The molecule has 0 bridgehead atoms. The Hall–Kier alpha value is -2.16. The van der Waals surface area contributed by atoms with Crippen molar-refractivity contribution in [3.8, 4) is 5.75 Å². The molecule has 3 N–H and O–H groups in total. The zero-order valence-electron chi connectivity index (χ0n) is 14.7. The van der Waals surface area contributed by atoms with Gasteiger partial charge in [0.25, 0.3) is 0 Å². The van der Waals surface area contributed by atoms with Gasteiger partial charge < -0.3 is 15.8 Å². The van der Waals surface area contributed by atoms with E-state index in [-0.39, 0.29) is 23.1 Å². The van der Waals surface area contributed by atoms with Gasteiger partial charge in [-0.1, -0.05) is 6.92 Å². The van der Waals surface area contributed by atoms with Gasteiger partial charge in [0.1, 0.15) is 18.2 Å². The van der Waals surface area contributed by atoms with Gasteiger partial charge in [0, 0.05) is 18.2 Å². The third kappa shape index (κ3) is 6.82. The molecule has 9 heteroatoms. The van der Waals surface area contributed by atoms with E-state index in [1.54, 1.807) is 24.3 Å². The van der Waals surface area contributed by atoms with Crippen LogP contribution in [0.1, 0.15) is 6.92 Å². The molecule has 0 spiro atoms. The van der Waals surface area contributed by atoms with E-state index in [1.807, 2.05) is 0 Å². The van der Waals surface area contributed by atoms with E-state index < -0.39 is 27.5 Å². The maximum atomic E-state index is 12.9. The Labute approximate surface area is 164 Å². The molecule has 6 nitrogen and oxygen atoms in total. The van der Waals surface area contributed by atoms with Gasteiger partial charge >= 0.3 is 0 Å². The van der Waals surface area contributed by atoms with Gasteiger partial charge in [0.15, 0.2) is 9.84 Å². The van der Waals surface area contributed by atoms with Crippen molar-refractivity contribution in [2.24, 2.45) is 11.7 Å². The minimum Gasteiger partial charge on any atom is -0.492 e. The largest absolute Gasteiger partial charge is 0.492 e. The van der Waals surface area contributed by atoms with Crippen LogP contribution < -0.4 is 15.8 Å². The number of amides is 1. The molecule has 0 saturated carbocycles. The lowest BCUT2D eigenvalue weighted by Crippen LogP contribution is -2.27. The van der Waals surface area contributed by atoms with Crippen molar-refractivity contribution in [1.29, 1.82) is 0 Å². The van der Waals surface area contributed by atoms with Crippen molar-refractivity contribution in [3.63, 3.8) is 0 Å². The van der Waals surface area contributed by atoms with Gasteiger partial charge in [-0.3, -0.25) is 4.79 Å². The maximum absolute atomic E-state index is 12.9. The number of hydrogen-bond acceptors (Lipinski definition) is 5. The monoisotopic (exact) mass is 416 g/mol. The molecule has 2 aromatic rings. The molecule has 0 saturated heterocycles. The first kappa shape index (κ1) is 22.9. The van der Waals surface area contributed by atoms with E-state index in [0.717, 1.165) is 12.1 Å². The Morgan fingerprint density at radius 1 is 1.15 bits per heavy atom. The molecular formula is C18H22ClFN2O4S. The summed E-state index contributed by atoms with van der Waals surface area (Å²) in [5, 5.41) is 2.66. The molecule has 27 heavy (non-hydrogen) atoms. The Kier molecular flexibility index (Phi) is 8.68. The number of nitrogens with one attached hydrogen (secondary N) is 1. The summed E-state index contributed by atoms with van der Waals surface area (Å²) in [4.78, 5) is 12.2. The molecule has 0 fully saturated rings. The SMILES string of the molecule is CC(CS(=O)(=O)c1ccc(F)cc1)C(=O)Nc1ccc(OCCN)cc1.Cl. The van der Waals surface area contributed by atoms with Crippen LogP contribution in [0.25, 0.3) is 0 Å². The molecule has 148 valence electrons. The van der Waals surface area contributed by atoms with Crippen LogP contribution in [0.15, 0.2) is 53.4 Å². The van der Waals surface area contributed by atoms with Crippen molar-refractivity contribution in [1.82, 2.24) is 0 Å². The van der Waals surface area contributed by atoms with Crippen molar-refractivity contribution >= 4 is 33.8 Å². The van der Waals surface area contributed by atoms with Crippen LogP contribution in [0.3, 0.4) is 0 Å². The van der Waals surface area contributed by atoms with Gasteiger partial charge in [0.05, 0.1) is 10.6 Å². The smallest absolute Gasteiger partial charge is 0.228 e. The lowest BCUT2D eigenvalue weighted by Gasteiger charge is -2.13. The lowest BCUT2D eigenvalue weighted by atomic mass is 10.2. The average Bonchev–Trinajstić information content (AvgIpc) is 2.61. The van der Waals surface area contributed by atoms with E-state index >= 15 is 0 Å². The van der Waals surface area contributed by atoms with Crippen LogP contribution in [-0.2, 0) is 14.6 Å². The van der Waals surface area contributed by atoms with Crippen molar-refractivity contribution in [2.45, 2.75) is 11.8 Å². The van der Waals surface area contributed by atoms with Gasteiger partial charge in [-0.05, 0) is 48.5 Å². The molecule has 1 unspecified atom stereocenters. The van der Waals surface area contributed by atoms with E-state index in [9.17, 15) is 17.6 Å². The summed E-state index contributed by atoms with van der Waals surface area (Å²) in [6.45, 7) is 2.32. The molecular weight excluding hydrogens is 395 g/mol. The van der Waals surface area contributed by atoms with Gasteiger partial charge in [-0.15, -0.1) is 12.4 Å². The lowest BCUT2D eigenvalue weighted by molar-refractivity contribution is -0.118. The number of anilines is 1. The quantitative estimate of drug-likeness (QED) is 0.644. The number of halogens is 2. The average molecular weight is 417 g/mol. The second kappa shape index (κ2) is 10.2. The second-order valence-electron chi connectivity index (χ2n) is 5.79. The highest BCUT2D eigenvalue weighted by Gasteiger charge is 2.23. The first-order valence-electron chi connectivity index (χ1n) is 8.04. The summed E-state index contributed by atoms with van der Waals surface area (Å²) in [6, 6.07) is 11.2. The number of nitrogens with two attached hydrogens (primary N) is 1. The molecule has 0 aromatic heterocycles. The highest BCUT2D eigenvalue weighted by atomic mass is 35.5. The van der Waals surface area contributed by atoms with Crippen LogP contribution in [0.2, 0.25) is 0 Å². The fourth-order valence-corrected chi connectivity index (χ4v) is 3.77. The molecule has 0 aliphatic heterocycles. The summed E-state index contributed by atoms with van der Waals surface area (Å²) < 4.78 is 42.9.